The second-order valence-electron chi connectivity index (χ2n) is 5.21. The third-order valence-corrected chi connectivity index (χ3v) is 4.47. The van der Waals surface area contributed by atoms with Crippen LogP contribution in [0.3, 0.4) is 0 Å². The molecule has 2 aromatic carbocycles. The van der Waals surface area contributed by atoms with Gasteiger partial charge in [-0.05, 0) is 30.0 Å². The second kappa shape index (κ2) is 5.60. The Bertz CT molecular complexity index is 752. The van der Waals surface area contributed by atoms with Crippen molar-refractivity contribution in [2.45, 2.75) is 30.4 Å². The first-order valence-electron chi connectivity index (χ1n) is 6.87. The fourth-order valence-electron chi connectivity index (χ4n) is 2.29. The summed E-state index contributed by atoms with van der Waals surface area (Å²) >= 11 is 0. The lowest BCUT2D eigenvalue weighted by Gasteiger charge is -2.13. The van der Waals surface area contributed by atoms with Gasteiger partial charge in [0.2, 0.25) is 10.0 Å². The van der Waals surface area contributed by atoms with E-state index in [9.17, 15) is 8.42 Å². The Morgan fingerprint density at radius 3 is 2.29 bits per heavy atom. The van der Waals surface area contributed by atoms with E-state index in [-0.39, 0.29) is 4.90 Å². The van der Waals surface area contributed by atoms with E-state index in [1.54, 1.807) is 12.1 Å². The number of hydrogen-bond donors (Lipinski definition) is 1. The molecule has 0 aromatic heterocycles. The Labute approximate surface area is 124 Å². The first kappa shape index (κ1) is 14.3. The first-order valence-corrected chi connectivity index (χ1v) is 8.42. The van der Waals surface area contributed by atoms with E-state index in [2.05, 4.69) is 0 Å². The Hall–Kier alpha value is -1.69. The van der Waals surface area contributed by atoms with E-state index in [1.165, 1.54) is 6.07 Å². The summed E-state index contributed by atoms with van der Waals surface area (Å²) in [4.78, 5) is 0.142. The Kier molecular flexibility index (Phi) is 3.80. The molecule has 3 rings (SSSR count). The molecule has 0 aliphatic heterocycles. The Morgan fingerprint density at radius 1 is 1.00 bits per heavy atom. The SMILES string of the molecule is NS(=O)(=O)c1ccccc1-c1ccccc1COC1CC1. The van der Waals surface area contributed by atoms with Crippen molar-refractivity contribution >= 4 is 10.0 Å². The van der Waals surface area contributed by atoms with Crippen molar-refractivity contribution in [1.29, 1.82) is 0 Å². The van der Waals surface area contributed by atoms with Crippen molar-refractivity contribution in [3.05, 3.63) is 54.1 Å². The average molecular weight is 303 g/mol. The molecule has 0 spiro atoms. The first-order chi connectivity index (χ1) is 10.1. The minimum atomic E-state index is -3.76. The highest BCUT2D eigenvalue weighted by molar-refractivity contribution is 7.89. The number of hydrogen-bond acceptors (Lipinski definition) is 3. The quantitative estimate of drug-likeness (QED) is 0.923. The fraction of sp³-hybridized carbons (Fsp3) is 0.250. The van der Waals surface area contributed by atoms with Crippen LogP contribution >= 0.6 is 0 Å². The second-order valence-corrected chi connectivity index (χ2v) is 6.74. The van der Waals surface area contributed by atoms with Gasteiger partial charge in [0.05, 0.1) is 17.6 Å². The van der Waals surface area contributed by atoms with Gasteiger partial charge in [-0.15, -0.1) is 0 Å². The lowest BCUT2D eigenvalue weighted by molar-refractivity contribution is 0.106. The van der Waals surface area contributed by atoms with Crippen molar-refractivity contribution in [1.82, 2.24) is 0 Å². The van der Waals surface area contributed by atoms with Crippen LogP contribution in [0, 0.1) is 0 Å². The summed E-state index contributed by atoms with van der Waals surface area (Å²) in [6, 6.07) is 14.5. The van der Waals surface area contributed by atoms with Crippen LogP contribution in [0.5, 0.6) is 0 Å². The van der Waals surface area contributed by atoms with Gasteiger partial charge in [0.25, 0.3) is 0 Å². The normalized spacial score (nSPS) is 15.1. The van der Waals surface area contributed by atoms with Crippen LogP contribution < -0.4 is 5.14 Å². The zero-order chi connectivity index (χ0) is 14.9. The van der Waals surface area contributed by atoms with Gasteiger partial charge in [0.1, 0.15) is 0 Å². The van der Waals surface area contributed by atoms with Gasteiger partial charge in [0.15, 0.2) is 0 Å². The smallest absolute Gasteiger partial charge is 0.238 e. The van der Waals surface area contributed by atoms with Crippen molar-refractivity contribution < 1.29 is 13.2 Å². The third-order valence-electron chi connectivity index (χ3n) is 3.50. The lowest BCUT2D eigenvalue weighted by Crippen LogP contribution is -2.13. The van der Waals surface area contributed by atoms with Crippen LogP contribution in [0.4, 0.5) is 0 Å². The summed E-state index contributed by atoms with van der Waals surface area (Å²) < 4.78 is 29.3. The Balaban J connectivity index is 2.04. The molecule has 1 fully saturated rings. The van der Waals surface area contributed by atoms with Gasteiger partial charge < -0.3 is 4.74 Å². The van der Waals surface area contributed by atoms with Gasteiger partial charge >= 0.3 is 0 Å². The van der Waals surface area contributed by atoms with E-state index < -0.39 is 10.0 Å². The van der Waals surface area contributed by atoms with Crippen LogP contribution in [0.15, 0.2) is 53.4 Å². The molecule has 5 heteroatoms. The molecular formula is C16H17NO3S. The van der Waals surface area contributed by atoms with Crippen molar-refractivity contribution in [3.63, 3.8) is 0 Å². The standard InChI is InChI=1S/C16H17NO3S/c17-21(18,19)16-8-4-3-7-15(16)14-6-2-1-5-12(14)11-20-13-9-10-13/h1-8,13H,9-11H2,(H2,17,18,19). The molecular weight excluding hydrogens is 286 g/mol. The molecule has 1 aliphatic carbocycles. The van der Waals surface area contributed by atoms with Crippen LogP contribution in [-0.4, -0.2) is 14.5 Å². The van der Waals surface area contributed by atoms with E-state index in [4.69, 9.17) is 9.88 Å². The van der Waals surface area contributed by atoms with E-state index in [0.29, 0.717) is 18.3 Å². The summed E-state index contributed by atoms with van der Waals surface area (Å²) in [7, 11) is -3.76. The highest BCUT2D eigenvalue weighted by Gasteiger charge is 2.23. The third kappa shape index (κ3) is 3.32. The molecule has 1 aliphatic rings. The monoisotopic (exact) mass is 303 g/mol. The summed E-state index contributed by atoms with van der Waals surface area (Å²) in [6.07, 6.45) is 2.57. The van der Waals surface area contributed by atoms with Crippen molar-refractivity contribution in [2.75, 3.05) is 0 Å². The predicted octanol–water partition coefficient (Wildman–Crippen LogP) is 2.68. The molecule has 0 radical (unpaired) electrons. The number of benzene rings is 2. The van der Waals surface area contributed by atoms with Gasteiger partial charge in [-0.3, -0.25) is 0 Å². The van der Waals surface area contributed by atoms with Crippen molar-refractivity contribution in [3.8, 4) is 11.1 Å². The van der Waals surface area contributed by atoms with Crippen LogP contribution in [-0.2, 0) is 21.4 Å². The van der Waals surface area contributed by atoms with Crippen LogP contribution in [0.25, 0.3) is 11.1 Å². The summed E-state index contributed by atoms with van der Waals surface area (Å²) in [5.74, 6) is 0. The maximum absolute atomic E-state index is 11.8. The lowest BCUT2D eigenvalue weighted by atomic mass is 10.00. The maximum Gasteiger partial charge on any atom is 0.238 e. The molecule has 0 heterocycles. The van der Waals surface area contributed by atoms with E-state index in [1.807, 2.05) is 30.3 Å². The summed E-state index contributed by atoms with van der Waals surface area (Å²) in [5.41, 5.74) is 2.44. The predicted molar refractivity (Wildman–Crippen MR) is 81.1 cm³/mol. The summed E-state index contributed by atoms with van der Waals surface area (Å²) in [6.45, 7) is 0.486. The molecule has 0 atom stereocenters. The molecule has 4 nitrogen and oxygen atoms in total. The molecule has 2 N–H and O–H groups in total. The van der Waals surface area contributed by atoms with E-state index >= 15 is 0 Å². The fourth-order valence-corrected chi connectivity index (χ4v) is 3.04. The Morgan fingerprint density at radius 2 is 1.62 bits per heavy atom. The van der Waals surface area contributed by atoms with E-state index in [0.717, 1.165) is 24.0 Å². The van der Waals surface area contributed by atoms with Gasteiger partial charge in [-0.2, -0.15) is 0 Å². The molecule has 0 bridgehead atoms. The number of ether oxygens (including phenoxy) is 1. The highest BCUT2D eigenvalue weighted by Crippen LogP contribution is 2.31. The molecule has 1 saturated carbocycles. The van der Waals surface area contributed by atoms with Gasteiger partial charge in [0, 0.05) is 5.56 Å². The molecule has 0 saturated heterocycles. The zero-order valence-electron chi connectivity index (χ0n) is 11.5. The van der Waals surface area contributed by atoms with Gasteiger partial charge in [-0.1, -0.05) is 42.5 Å². The number of rotatable bonds is 5. The topological polar surface area (TPSA) is 69.4 Å². The largest absolute Gasteiger partial charge is 0.374 e. The van der Waals surface area contributed by atoms with Gasteiger partial charge in [-0.25, -0.2) is 13.6 Å². The number of nitrogens with two attached hydrogens (primary N) is 1. The number of sulfonamides is 1. The molecule has 21 heavy (non-hydrogen) atoms. The van der Waals surface area contributed by atoms with Crippen LogP contribution in [0.2, 0.25) is 0 Å². The minimum absolute atomic E-state index is 0.142. The summed E-state index contributed by atoms with van der Waals surface area (Å²) in [5, 5.41) is 5.32. The maximum atomic E-state index is 11.8. The number of primary sulfonamides is 1. The molecule has 2 aromatic rings. The average Bonchev–Trinajstić information content (AvgIpc) is 3.29. The van der Waals surface area contributed by atoms with Crippen molar-refractivity contribution in [2.24, 2.45) is 5.14 Å². The highest BCUT2D eigenvalue weighted by atomic mass is 32.2. The molecule has 0 unspecified atom stereocenters. The minimum Gasteiger partial charge on any atom is -0.374 e. The zero-order valence-corrected chi connectivity index (χ0v) is 12.3. The molecule has 110 valence electrons. The van der Waals surface area contributed by atoms with Crippen LogP contribution in [0.1, 0.15) is 18.4 Å². The molecule has 0 amide bonds.